The predicted octanol–water partition coefficient (Wildman–Crippen LogP) is 9.19. The van der Waals surface area contributed by atoms with Crippen LogP contribution >= 0.6 is 50.7 Å². The van der Waals surface area contributed by atoms with Gasteiger partial charge in [-0.3, -0.25) is 9.59 Å². The van der Waals surface area contributed by atoms with E-state index in [0.29, 0.717) is 22.9 Å². The van der Waals surface area contributed by atoms with Crippen LogP contribution in [0.25, 0.3) is 6.08 Å². The molecule has 0 radical (unpaired) electrons. The maximum absolute atomic E-state index is 13.3. The first kappa shape index (κ1) is 30.8. The Hall–Kier alpha value is -1.75. The number of Topliss-reactive ketones (excluding diaryl/α,β-unsaturated/α-hetero) is 1. The third-order valence-electron chi connectivity index (χ3n) is 5.98. The number of carbonyl (C=O) groups is 2. The number of hydrogen-bond donors (Lipinski definition) is 1. The van der Waals surface area contributed by atoms with Crippen LogP contribution in [0, 0.1) is 5.41 Å². The Kier molecular flexibility index (Phi) is 9.54. The molecule has 0 aromatic heterocycles. The lowest BCUT2D eigenvalue weighted by Gasteiger charge is -2.17. The van der Waals surface area contributed by atoms with Crippen molar-refractivity contribution >= 4 is 68.5 Å². The molecule has 0 aliphatic heterocycles. The van der Waals surface area contributed by atoms with Gasteiger partial charge in [-0.25, -0.2) is 0 Å². The maximum Gasteiger partial charge on any atom is 0.405 e. The second-order valence-corrected chi connectivity index (χ2v) is 11.0. The lowest BCUT2D eigenvalue weighted by atomic mass is 9.93. The highest BCUT2D eigenvalue weighted by atomic mass is 79.9. The van der Waals surface area contributed by atoms with Crippen molar-refractivity contribution in [3.05, 3.63) is 72.6 Å². The van der Waals surface area contributed by atoms with Gasteiger partial charge < -0.3 is 5.32 Å². The maximum atomic E-state index is 13.3. The summed E-state index contributed by atoms with van der Waals surface area (Å²) in [4.78, 5) is 25.0. The zero-order valence-electron chi connectivity index (χ0n) is 19.3. The van der Waals surface area contributed by atoms with Crippen LogP contribution < -0.4 is 5.32 Å². The van der Waals surface area contributed by atoms with Gasteiger partial charge in [-0.1, -0.05) is 69.0 Å². The van der Waals surface area contributed by atoms with E-state index in [1.807, 2.05) is 5.32 Å². The van der Waals surface area contributed by atoms with E-state index in [4.69, 9.17) is 34.8 Å². The average molecular weight is 666 g/mol. The van der Waals surface area contributed by atoms with Crippen LogP contribution in [0.15, 0.2) is 40.9 Å². The third-order valence-corrected chi connectivity index (χ3v) is 7.84. The van der Waals surface area contributed by atoms with E-state index in [2.05, 4.69) is 15.9 Å². The molecule has 1 N–H and O–H groups in total. The molecule has 13 heteroatoms. The number of carbonyl (C=O) groups excluding carboxylic acids is 2. The van der Waals surface area contributed by atoms with Gasteiger partial charge in [0.2, 0.25) is 5.91 Å². The molecule has 1 aliphatic rings. The van der Waals surface area contributed by atoms with Crippen LogP contribution in [-0.2, 0) is 4.79 Å². The number of benzene rings is 2. The fourth-order valence-electron chi connectivity index (χ4n) is 3.83. The van der Waals surface area contributed by atoms with Crippen molar-refractivity contribution in [2.24, 2.45) is 5.41 Å². The van der Waals surface area contributed by atoms with Crippen molar-refractivity contribution < 1.29 is 35.9 Å². The summed E-state index contributed by atoms with van der Waals surface area (Å²) in [5.41, 5.74) is -0.301. The number of rotatable bonds is 9. The fourth-order valence-corrected chi connectivity index (χ4v) is 5.06. The van der Waals surface area contributed by atoms with Gasteiger partial charge in [-0.15, -0.1) is 0 Å². The highest BCUT2D eigenvalue weighted by molar-refractivity contribution is 9.10. The molecule has 2 aromatic rings. The van der Waals surface area contributed by atoms with Crippen molar-refractivity contribution in [3.63, 3.8) is 0 Å². The minimum absolute atomic E-state index is 0.0147. The van der Waals surface area contributed by atoms with E-state index in [1.165, 1.54) is 42.5 Å². The summed E-state index contributed by atoms with van der Waals surface area (Å²) >= 11 is 21.2. The summed E-state index contributed by atoms with van der Waals surface area (Å²) in [5, 5.41) is 1.89. The van der Waals surface area contributed by atoms with Gasteiger partial charge in [0.1, 0.15) is 6.54 Å². The molecule has 1 amide bonds. The van der Waals surface area contributed by atoms with Gasteiger partial charge in [0.05, 0.1) is 26.9 Å². The molecule has 0 saturated heterocycles. The SMILES string of the molecule is O=C(CC1(C(=O)NCC(F)(F)F)CC1)c1ccc(/C=C/C(CC(F)(F)F)c2cc(Cl)c(Cl)c(Cl)c2)cc1Br. The summed E-state index contributed by atoms with van der Waals surface area (Å²) in [7, 11) is 0. The number of halogens is 10. The number of hydrogen-bond acceptors (Lipinski definition) is 2. The predicted molar refractivity (Wildman–Crippen MR) is 138 cm³/mol. The van der Waals surface area contributed by atoms with Crippen molar-refractivity contribution in [2.45, 2.75) is 44.0 Å². The molecule has 0 spiro atoms. The average Bonchev–Trinajstić information content (AvgIpc) is 3.57. The second kappa shape index (κ2) is 11.8. The van der Waals surface area contributed by atoms with E-state index in [9.17, 15) is 35.9 Å². The minimum Gasteiger partial charge on any atom is -0.346 e. The molecule has 38 heavy (non-hydrogen) atoms. The second-order valence-electron chi connectivity index (χ2n) is 9.00. The molecule has 1 aliphatic carbocycles. The molecular formula is C25H19BrCl3F6NO2. The number of ketones is 1. The van der Waals surface area contributed by atoms with Gasteiger partial charge in [-0.05, 0) is 48.2 Å². The molecule has 1 saturated carbocycles. The summed E-state index contributed by atoms with van der Waals surface area (Å²) in [5.74, 6) is -2.41. The number of nitrogens with one attached hydrogen (secondary N) is 1. The smallest absolute Gasteiger partial charge is 0.346 e. The normalized spacial score (nSPS) is 15.9. The Morgan fingerprint density at radius 1 is 1.00 bits per heavy atom. The van der Waals surface area contributed by atoms with E-state index in [0.717, 1.165) is 0 Å². The van der Waals surface area contributed by atoms with E-state index < -0.39 is 48.3 Å². The molecule has 1 atom stereocenters. The van der Waals surface area contributed by atoms with Crippen molar-refractivity contribution in [1.82, 2.24) is 5.32 Å². The first-order valence-corrected chi connectivity index (χ1v) is 13.0. The molecule has 3 rings (SSSR count). The molecule has 2 aromatic carbocycles. The van der Waals surface area contributed by atoms with Gasteiger partial charge in [0, 0.05) is 22.4 Å². The molecular weight excluding hydrogens is 647 g/mol. The quantitative estimate of drug-likeness (QED) is 0.165. The summed E-state index contributed by atoms with van der Waals surface area (Å²) in [6.45, 7) is -1.48. The van der Waals surface area contributed by atoms with E-state index in [1.54, 1.807) is 0 Å². The Balaban J connectivity index is 1.76. The topological polar surface area (TPSA) is 46.2 Å². The van der Waals surface area contributed by atoms with Crippen LogP contribution in [0.1, 0.15) is 53.1 Å². The lowest BCUT2D eigenvalue weighted by molar-refractivity contribution is -0.141. The molecule has 0 heterocycles. The Labute approximate surface area is 237 Å². The van der Waals surface area contributed by atoms with Crippen LogP contribution in [0.5, 0.6) is 0 Å². The van der Waals surface area contributed by atoms with Crippen molar-refractivity contribution in [1.29, 1.82) is 0 Å². The van der Waals surface area contributed by atoms with Crippen LogP contribution in [0.3, 0.4) is 0 Å². The molecule has 206 valence electrons. The first-order valence-electron chi connectivity index (χ1n) is 11.1. The van der Waals surface area contributed by atoms with Crippen molar-refractivity contribution in [2.75, 3.05) is 6.54 Å². The van der Waals surface area contributed by atoms with Crippen LogP contribution in [0.4, 0.5) is 26.3 Å². The van der Waals surface area contributed by atoms with E-state index >= 15 is 0 Å². The van der Waals surface area contributed by atoms with Crippen molar-refractivity contribution in [3.8, 4) is 0 Å². The monoisotopic (exact) mass is 663 g/mol. The largest absolute Gasteiger partial charge is 0.405 e. The third kappa shape index (κ3) is 8.37. The minimum atomic E-state index is -4.56. The Bertz CT molecular complexity index is 1240. The molecule has 1 unspecified atom stereocenters. The lowest BCUT2D eigenvalue weighted by Crippen LogP contribution is -2.39. The Morgan fingerprint density at radius 3 is 2.11 bits per heavy atom. The number of allylic oxidation sites excluding steroid dienone is 1. The van der Waals surface area contributed by atoms with Gasteiger partial charge in [-0.2, -0.15) is 26.3 Å². The van der Waals surface area contributed by atoms with Crippen LogP contribution in [-0.4, -0.2) is 30.6 Å². The Morgan fingerprint density at radius 2 is 1.61 bits per heavy atom. The van der Waals surface area contributed by atoms with Crippen LogP contribution in [0.2, 0.25) is 15.1 Å². The number of amides is 1. The zero-order chi connectivity index (χ0) is 28.5. The highest BCUT2D eigenvalue weighted by Crippen LogP contribution is 2.50. The van der Waals surface area contributed by atoms with E-state index in [-0.39, 0.29) is 32.6 Å². The molecule has 1 fully saturated rings. The molecule has 0 bridgehead atoms. The first-order chi connectivity index (χ1) is 17.5. The summed E-state index contributed by atoms with van der Waals surface area (Å²) in [6, 6.07) is 7.08. The highest BCUT2D eigenvalue weighted by Gasteiger charge is 2.51. The standard InChI is InChI=1S/C25H19BrCl3F6NO2/c26-17-7-13(1-3-14(10-24(30,31)32)15-8-18(27)21(29)19(28)9-15)2-4-16(17)20(37)11-23(5-6-23)22(38)36-12-25(33,34)35/h1-4,7-9,14H,5-6,10-12H2,(H,36,38)/b3-1+. The fraction of sp³-hybridized carbons (Fsp3) is 0.360. The zero-order valence-corrected chi connectivity index (χ0v) is 23.1. The van der Waals surface area contributed by atoms with Gasteiger partial charge in [0.15, 0.2) is 5.78 Å². The number of alkyl halides is 6. The molecule has 3 nitrogen and oxygen atoms in total. The van der Waals surface area contributed by atoms with Gasteiger partial charge >= 0.3 is 12.4 Å². The van der Waals surface area contributed by atoms with Gasteiger partial charge in [0.25, 0.3) is 0 Å². The summed E-state index contributed by atoms with van der Waals surface area (Å²) in [6.07, 6.45) is -7.15. The summed E-state index contributed by atoms with van der Waals surface area (Å²) < 4.78 is 77.3.